The SMILES string of the molecule is CCOC(=O)c1cc2c(N3CCOCC3)nc(-c3cnc(N(Cc4ccc(OC)cc4)Cc4ccc(OC)cc4)nc3)cn2n1. The highest BCUT2D eigenvalue weighted by Crippen LogP contribution is 2.28. The normalized spacial score (nSPS) is 13.1. The molecule has 0 N–H and O–H groups in total. The van der Waals surface area contributed by atoms with Crippen molar-refractivity contribution in [3.8, 4) is 22.8 Å². The summed E-state index contributed by atoms with van der Waals surface area (Å²) in [6, 6.07) is 17.6. The van der Waals surface area contributed by atoms with Gasteiger partial charge < -0.3 is 28.7 Å². The fourth-order valence-corrected chi connectivity index (χ4v) is 5.14. The molecular weight excluding hydrogens is 574 g/mol. The van der Waals surface area contributed by atoms with Crippen LogP contribution >= 0.6 is 0 Å². The lowest BCUT2D eigenvalue weighted by Gasteiger charge is -2.28. The first kappa shape index (κ1) is 29.8. The van der Waals surface area contributed by atoms with E-state index in [0.717, 1.165) is 28.2 Å². The Bertz CT molecular complexity index is 1690. The minimum Gasteiger partial charge on any atom is -0.497 e. The standard InChI is InChI=1S/C33H35N7O5/c1-4-45-32(41)28-17-30-31(38-13-15-44-16-14-38)36-29(22-40(30)37-28)25-18-34-33(35-19-25)39(20-23-5-9-26(42-2)10-6-23)21-24-7-11-27(43-3)12-8-24/h5-12,17-19,22H,4,13-16,20-21H2,1-3H3. The molecular formula is C33H35N7O5. The van der Waals surface area contributed by atoms with Crippen molar-refractivity contribution < 1.29 is 23.7 Å². The van der Waals surface area contributed by atoms with Crippen molar-refractivity contribution in [1.82, 2.24) is 24.6 Å². The first-order valence-corrected chi connectivity index (χ1v) is 14.8. The summed E-state index contributed by atoms with van der Waals surface area (Å²) in [7, 11) is 3.31. The van der Waals surface area contributed by atoms with E-state index in [4.69, 9.17) is 33.9 Å². The molecule has 5 aromatic rings. The van der Waals surface area contributed by atoms with Crippen LogP contribution in [0.15, 0.2) is 73.2 Å². The van der Waals surface area contributed by atoms with Crippen molar-refractivity contribution in [3.05, 3.63) is 90.0 Å². The van der Waals surface area contributed by atoms with Gasteiger partial charge in [0, 0.05) is 50.2 Å². The lowest BCUT2D eigenvalue weighted by atomic mass is 10.1. The van der Waals surface area contributed by atoms with Crippen LogP contribution < -0.4 is 19.3 Å². The predicted molar refractivity (Wildman–Crippen MR) is 169 cm³/mol. The molecule has 12 nitrogen and oxygen atoms in total. The average Bonchev–Trinajstić information content (AvgIpc) is 3.53. The Morgan fingerprint density at radius 2 is 1.51 bits per heavy atom. The fourth-order valence-electron chi connectivity index (χ4n) is 5.14. The number of hydrogen-bond donors (Lipinski definition) is 0. The number of morpholine rings is 1. The molecule has 3 aromatic heterocycles. The first-order valence-electron chi connectivity index (χ1n) is 14.8. The van der Waals surface area contributed by atoms with Crippen molar-refractivity contribution in [1.29, 1.82) is 0 Å². The minimum atomic E-state index is -0.475. The molecule has 0 aliphatic carbocycles. The molecule has 6 rings (SSSR count). The van der Waals surface area contributed by atoms with Gasteiger partial charge in [-0.25, -0.2) is 24.3 Å². The van der Waals surface area contributed by atoms with Crippen LogP contribution in [0.3, 0.4) is 0 Å². The van der Waals surface area contributed by atoms with Gasteiger partial charge in [0.25, 0.3) is 0 Å². The number of carbonyl (C=O) groups is 1. The third-order valence-electron chi connectivity index (χ3n) is 7.51. The summed E-state index contributed by atoms with van der Waals surface area (Å²) >= 11 is 0. The number of anilines is 2. The van der Waals surface area contributed by atoms with E-state index in [0.29, 0.717) is 62.4 Å². The van der Waals surface area contributed by atoms with Gasteiger partial charge in [-0.05, 0) is 42.3 Å². The van der Waals surface area contributed by atoms with Crippen LogP contribution in [0.25, 0.3) is 16.8 Å². The Morgan fingerprint density at radius 1 is 0.911 bits per heavy atom. The number of rotatable bonds is 11. The molecule has 0 bridgehead atoms. The van der Waals surface area contributed by atoms with Gasteiger partial charge >= 0.3 is 5.97 Å². The maximum atomic E-state index is 12.5. The zero-order valence-electron chi connectivity index (χ0n) is 25.5. The van der Waals surface area contributed by atoms with E-state index in [9.17, 15) is 4.79 Å². The molecule has 0 unspecified atom stereocenters. The van der Waals surface area contributed by atoms with Crippen molar-refractivity contribution in [2.24, 2.45) is 0 Å². The molecule has 0 spiro atoms. The van der Waals surface area contributed by atoms with Gasteiger partial charge in [0.1, 0.15) is 17.0 Å². The van der Waals surface area contributed by atoms with E-state index < -0.39 is 5.97 Å². The Balaban J connectivity index is 1.33. The summed E-state index contributed by atoms with van der Waals surface area (Å²) in [5.41, 5.74) is 4.48. The molecule has 0 radical (unpaired) electrons. The van der Waals surface area contributed by atoms with E-state index in [1.165, 1.54) is 0 Å². The molecule has 0 amide bonds. The Morgan fingerprint density at radius 3 is 2.07 bits per heavy atom. The Labute approximate surface area is 261 Å². The molecule has 1 aliphatic heterocycles. The number of esters is 1. The monoisotopic (exact) mass is 609 g/mol. The van der Waals surface area contributed by atoms with Gasteiger partial charge in [-0.2, -0.15) is 5.10 Å². The zero-order chi connectivity index (χ0) is 31.2. The second-order valence-corrected chi connectivity index (χ2v) is 10.5. The topological polar surface area (TPSA) is 116 Å². The number of carbonyl (C=O) groups excluding carboxylic acids is 1. The Hall–Kier alpha value is -5.23. The predicted octanol–water partition coefficient (Wildman–Crippen LogP) is 4.42. The molecule has 12 heteroatoms. The van der Waals surface area contributed by atoms with Crippen LogP contribution in [0.2, 0.25) is 0 Å². The van der Waals surface area contributed by atoms with Crippen LogP contribution in [0, 0.1) is 0 Å². The summed E-state index contributed by atoms with van der Waals surface area (Å²) in [5.74, 6) is 2.41. The van der Waals surface area contributed by atoms with Crippen molar-refractivity contribution in [2.45, 2.75) is 20.0 Å². The molecule has 232 valence electrons. The van der Waals surface area contributed by atoms with Gasteiger partial charge in [0.05, 0.1) is 45.9 Å². The summed E-state index contributed by atoms with van der Waals surface area (Å²) in [6.07, 6.45) is 5.32. The molecule has 2 aromatic carbocycles. The molecule has 1 fully saturated rings. The molecule has 45 heavy (non-hydrogen) atoms. The van der Waals surface area contributed by atoms with E-state index in [-0.39, 0.29) is 12.3 Å². The number of ether oxygens (including phenoxy) is 4. The van der Waals surface area contributed by atoms with Crippen molar-refractivity contribution in [2.75, 3.05) is 56.9 Å². The van der Waals surface area contributed by atoms with Crippen LogP contribution in [-0.2, 0) is 22.6 Å². The van der Waals surface area contributed by atoms with Gasteiger partial charge in [-0.1, -0.05) is 24.3 Å². The number of hydrogen-bond acceptors (Lipinski definition) is 11. The van der Waals surface area contributed by atoms with E-state index in [2.05, 4.69) is 14.9 Å². The largest absolute Gasteiger partial charge is 0.497 e. The van der Waals surface area contributed by atoms with E-state index in [1.54, 1.807) is 50.3 Å². The highest BCUT2D eigenvalue weighted by atomic mass is 16.5. The third-order valence-corrected chi connectivity index (χ3v) is 7.51. The second kappa shape index (κ2) is 13.6. The summed E-state index contributed by atoms with van der Waals surface area (Å²) in [4.78, 5) is 31.3. The first-order chi connectivity index (χ1) is 22.0. The quantitative estimate of drug-likeness (QED) is 0.198. The van der Waals surface area contributed by atoms with E-state index in [1.807, 2.05) is 48.5 Å². The van der Waals surface area contributed by atoms with E-state index >= 15 is 0 Å². The van der Waals surface area contributed by atoms with Crippen LogP contribution in [0.5, 0.6) is 11.5 Å². The highest BCUT2D eigenvalue weighted by molar-refractivity contribution is 5.90. The third kappa shape index (κ3) is 6.80. The lowest BCUT2D eigenvalue weighted by Crippen LogP contribution is -2.37. The van der Waals surface area contributed by atoms with Gasteiger partial charge in [-0.3, -0.25) is 0 Å². The molecule has 1 aliphatic rings. The number of fused-ring (bicyclic) bond motifs is 1. The van der Waals surface area contributed by atoms with Crippen molar-refractivity contribution in [3.63, 3.8) is 0 Å². The maximum absolute atomic E-state index is 12.5. The minimum absolute atomic E-state index is 0.226. The molecule has 0 saturated carbocycles. The smallest absolute Gasteiger partial charge is 0.358 e. The number of nitrogens with zero attached hydrogens (tertiary/aromatic N) is 7. The lowest BCUT2D eigenvalue weighted by molar-refractivity contribution is 0.0519. The van der Waals surface area contributed by atoms with Crippen molar-refractivity contribution >= 4 is 23.3 Å². The average molecular weight is 610 g/mol. The zero-order valence-corrected chi connectivity index (χ0v) is 25.5. The molecule has 0 atom stereocenters. The molecule has 4 heterocycles. The second-order valence-electron chi connectivity index (χ2n) is 10.5. The van der Waals surface area contributed by atoms with Gasteiger partial charge in [0.2, 0.25) is 5.95 Å². The molecule has 1 saturated heterocycles. The summed E-state index contributed by atoms with van der Waals surface area (Å²) in [6.45, 7) is 5.74. The summed E-state index contributed by atoms with van der Waals surface area (Å²) in [5, 5.41) is 4.51. The number of benzene rings is 2. The van der Waals surface area contributed by atoms with Crippen LogP contribution in [-0.4, -0.2) is 77.7 Å². The van der Waals surface area contributed by atoms with Gasteiger partial charge in [-0.15, -0.1) is 0 Å². The van der Waals surface area contributed by atoms with Gasteiger partial charge in [0.15, 0.2) is 11.5 Å². The maximum Gasteiger partial charge on any atom is 0.358 e. The Kier molecular flexibility index (Phi) is 9.01. The highest BCUT2D eigenvalue weighted by Gasteiger charge is 2.22. The number of methoxy groups -OCH3 is 2. The number of aromatic nitrogens is 5. The fraction of sp³-hybridized carbons (Fsp3) is 0.303. The summed E-state index contributed by atoms with van der Waals surface area (Å²) < 4.78 is 23.1. The van der Waals surface area contributed by atoms with Crippen LogP contribution in [0.1, 0.15) is 28.5 Å². The van der Waals surface area contributed by atoms with Crippen LogP contribution in [0.4, 0.5) is 11.8 Å².